The van der Waals surface area contributed by atoms with Gasteiger partial charge in [-0.3, -0.25) is 9.69 Å². The van der Waals surface area contributed by atoms with Crippen molar-refractivity contribution >= 4 is 70.4 Å². The molecule has 4 nitrogen and oxygen atoms in total. The van der Waals surface area contributed by atoms with Gasteiger partial charge in [-0.15, -0.1) is 0 Å². The van der Waals surface area contributed by atoms with Gasteiger partial charge in [0, 0.05) is 11.1 Å². The number of ether oxygens (including phenoxy) is 1. The predicted molar refractivity (Wildman–Crippen MR) is 122 cm³/mol. The van der Waals surface area contributed by atoms with E-state index in [9.17, 15) is 9.59 Å². The largest absolute Gasteiger partial charge is 0.450 e. The zero-order valence-corrected chi connectivity index (χ0v) is 18.9. The molecule has 0 spiro atoms. The molecule has 0 radical (unpaired) electrons. The molecule has 0 saturated carbocycles. The summed E-state index contributed by atoms with van der Waals surface area (Å²) in [6, 6.07) is 10.1. The van der Waals surface area contributed by atoms with Gasteiger partial charge < -0.3 is 4.74 Å². The molecular weight excluding hydrogens is 468 g/mol. The molecule has 1 heterocycles. The van der Waals surface area contributed by atoms with Crippen molar-refractivity contribution in [2.24, 2.45) is 0 Å². The third-order valence-electron chi connectivity index (χ3n) is 4.40. The monoisotopic (exact) mass is 483 g/mol. The van der Waals surface area contributed by atoms with Gasteiger partial charge >= 0.3 is 6.09 Å². The average Bonchev–Trinajstić information content (AvgIpc) is 2.70. The number of hydrogen-bond acceptors (Lipinski definition) is 3. The lowest BCUT2D eigenvalue weighted by Gasteiger charge is -2.29. The molecule has 1 amide bonds. The van der Waals surface area contributed by atoms with Crippen LogP contribution in [-0.4, -0.2) is 36.5 Å². The minimum absolute atomic E-state index is 0.122. The molecule has 0 aromatic heterocycles. The highest BCUT2D eigenvalue weighted by molar-refractivity contribution is 6.42. The van der Waals surface area contributed by atoms with Crippen molar-refractivity contribution in [2.45, 2.75) is 6.92 Å². The van der Waals surface area contributed by atoms with E-state index in [0.29, 0.717) is 42.4 Å². The van der Waals surface area contributed by atoms with Gasteiger partial charge in [0.2, 0.25) is 0 Å². The van der Waals surface area contributed by atoms with Crippen LogP contribution >= 0.6 is 46.4 Å². The van der Waals surface area contributed by atoms with E-state index in [-0.39, 0.29) is 25.5 Å². The molecule has 0 N–H and O–H groups in total. The number of piperidine rings is 1. The first kappa shape index (κ1) is 22.7. The fourth-order valence-corrected chi connectivity index (χ4v) is 3.60. The van der Waals surface area contributed by atoms with Crippen LogP contribution in [0.2, 0.25) is 20.1 Å². The Hall–Kier alpha value is -1.98. The SMILES string of the molecule is CCOC(=O)N1C/C(=C/c2ccc(Cl)c(Cl)c2)C(=O)/C(=C\c2ccc(Cl)c(Cl)c2)C1. The predicted octanol–water partition coefficient (Wildman–Crippen LogP) is 6.81. The number of nitrogens with zero attached hydrogens (tertiary/aromatic N) is 1. The van der Waals surface area contributed by atoms with E-state index in [1.165, 1.54) is 4.90 Å². The molecule has 0 aliphatic carbocycles. The Bertz CT molecular complexity index is 989. The van der Waals surface area contributed by atoms with E-state index in [4.69, 9.17) is 51.1 Å². The Morgan fingerprint density at radius 2 is 1.37 bits per heavy atom. The second-order valence-corrected chi connectivity index (χ2v) is 8.20. The quantitative estimate of drug-likeness (QED) is 0.449. The summed E-state index contributed by atoms with van der Waals surface area (Å²) in [5.74, 6) is -0.173. The third kappa shape index (κ3) is 5.38. The molecule has 1 saturated heterocycles. The molecule has 0 unspecified atom stereocenters. The number of benzene rings is 2. The molecule has 8 heteroatoms. The van der Waals surface area contributed by atoms with Gasteiger partial charge in [-0.25, -0.2) is 4.79 Å². The minimum atomic E-state index is -0.495. The molecular formula is C22H17Cl4NO3. The van der Waals surface area contributed by atoms with Gasteiger partial charge in [-0.05, 0) is 54.5 Å². The van der Waals surface area contributed by atoms with Crippen molar-refractivity contribution in [1.29, 1.82) is 0 Å². The minimum Gasteiger partial charge on any atom is -0.450 e. The number of rotatable bonds is 3. The third-order valence-corrected chi connectivity index (χ3v) is 5.88. The summed E-state index contributed by atoms with van der Waals surface area (Å²) >= 11 is 24.1. The van der Waals surface area contributed by atoms with Crippen molar-refractivity contribution in [3.05, 3.63) is 78.8 Å². The summed E-state index contributed by atoms with van der Waals surface area (Å²) in [6.45, 7) is 2.21. The van der Waals surface area contributed by atoms with Crippen LogP contribution in [0.4, 0.5) is 4.79 Å². The summed E-state index contributed by atoms with van der Waals surface area (Å²) < 4.78 is 5.13. The lowest BCUT2D eigenvalue weighted by Crippen LogP contribution is -2.41. The van der Waals surface area contributed by atoms with E-state index >= 15 is 0 Å². The zero-order chi connectivity index (χ0) is 21.8. The van der Waals surface area contributed by atoms with E-state index < -0.39 is 6.09 Å². The maximum atomic E-state index is 13.1. The van der Waals surface area contributed by atoms with Crippen molar-refractivity contribution in [1.82, 2.24) is 4.90 Å². The summed E-state index contributed by atoms with van der Waals surface area (Å²) in [6.07, 6.45) is 2.89. The number of carbonyl (C=O) groups excluding carboxylic acids is 2. The fourth-order valence-electron chi connectivity index (χ4n) is 2.99. The van der Waals surface area contributed by atoms with Gasteiger partial charge in [0.05, 0.1) is 39.8 Å². The molecule has 0 atom stereocenters. The standard InChI is InChI=1S/C22H17Cl4NO3/c1-2-30-22(29)27-11-15(7-13-3-5-17(23)19(25)9-13)21(28)16(12-27)8-14-4-6-18(24)20(26)10-14/h3-10H,2,11-12H2,1H3/b15-7-,16-8-. The number of carbonyl (C=O) groups is 2. The van der Waals surface area contributed by atoms with Gasteiger partial charge in [-0.1, -0.05) is 58.5 Å². The molecule has 1 aliphatic rings. The smallest absolute Gasteiger partial charge is 0.410 e. The van der Waals surface area contributed by atoms with Gasteiger partial charge in [0.15, 0.2) is 5.78 Å². The molecule has 0 bridgehead atoms. The molecule has 2 aromatic carbocycles. The maximum Gasteiger partial charge on any atom is 0.410 e. The molecule has 156 valence electrons. The first-order valence-corrected chi connectivity index (χ1v) is 10.6. The Morgan fingerprint density at radius 1 is 0.900 bits per heavy atom. The highest BCUT2D eigenvalue weighted by Crippen LogP contribution is 2.28. The first-order chi connectivity index (χ1) is 14.3. The van der Waals surface area contributed by atoms with Crippen LogP contribution in [0, 0.1) is 0 Å². The number of hydrogen-bond donors (Lipinski definition) is 0. The van der Waals surface area contributed by atoms with Crippen molar-refractivity contribution in [2.75, 3.05) is 19.7 Å². The second-order valence-electron chi connectivity index (χ2n) is 6.57. The van der Waals surface area contributed by atoms with E-state index in [1.54, 1.807) is 55.5 Å². The van der Waals surface area contributed by atoms with E-state index in [0.717, 1.165) is 0 Å². The van der Waals surface area contributed by atoms with Crippen LogP contribution in [0.15, 0.2) is 47.5 Å². The Morgan fingerprint density at radius 3 is 1.77 bits per heavy atom. The van der Waals surface area contributed by atoms with Crippen LogP contribution in [0.5, 0.6) is 0 Å². The van der Waals surface area contributed by atoms with E-state index in [2.05, 4.69) is 0 Å². The maximum absolute atomic E-state index is 13.1. The molecule has 1 fully saturated rings. The molecule has 30 heavy (non-hydrogen) atoms. The normalized spacial score (nSPS) is 17.0. The Balaban J connectivity index is 2.01. The summed E-state index contributed by atoms with van der Waals surface area (Å²) in [5.41, 5.74) is 2.26. The molecule has 3 rings (SSSR count). The number of ketones is 1. The van der Waals surface area contributed by atoms with Gasteiger partial charge in [0.1, 0.15) is 0 Å². The van der Waals surface area contributed by atoms with Gasteiger partial charge in [0.25, 0.3) is 0 Å². The molecule has 1 aliphatic heterocycles. The summed E-state index contributed by atoms with van der Waals surface area (Å²) in [4.78, 5) is 27.0. The summed E-state index contributed by atoms with van der Waals surface area (Å²) in [5, 5.41) is 1.59. The van der Waals surface area contributed by atoms with Gasteiger partial charge in [-0.2, -0.15) is 0 Å². The zero-order valence-electron chi connectivity index (χ0n) is 15.9. The molecule has 2 aromatic rings. The van der Waals surface area contributed by atoms with Crippen molar-refractivity contribution in [3.8, 4) is 0 Å². The number of amides is 1. The Kier molecular flexibility index (Phi) is 7.48. The van der Waals surface area contributed by atoms with E-state index in [1.807, 2.05) is 0 Å². The Labute approximate surface area is 194 Å². The number of likely N-dealkylation sites (tertiary alicyclic amines) is 1. The van der Waals surface area contributed by atoms with Crippen LogP contribution in [0.1, 0.15) is 18.1 Å². The van der Waals surface area contributed by atoms with Crippen LogP contribution < -0.4 is 0 Å². The highest BCUT2D eigenvalue weighted by atomic mass is 35.5. The van der Waals surface area contributed by atoms with Crippen molar-refractivity contribution in [3.63, 3.8) is 0 Å². The number of halogens is 4. The van der Waals surface area contributed by atoms with Crippen LogP contribution in [-0.2, 0) is 9.53 Å². The fraction of sp³-hybridized carbons (Fsp3) is 0.182. The number of Topliss-reactive ketones (excluding diaryl/α,β-unsaturated/α-hetero) is 1. The van der Waals surface area contributed by atoms with Crippen LogP contribution in [0.25, 0.3) is 12.2 Å². The lowest BCUT2D eigenvalue weighted by atomic mass is 9.94. The highest BCUT2D eigenvalue weighted by Gasteiger charge is 2.29. The lowest BCUT2D eigenvalue weighted by molar-refractivity contribution is -0.113. The first-order valence-electron chi connectivity index (χ1n) is 9.06. The second kappa shape index (κ2) is 9.88. The average molecular weight is 485 g/mol. The van der Waals surface area contributed by atoms with Crippen LogP contribution in [0.3, 0.4) is 0 Å². The summed E-state index contributed by atoms with van der Waals surface area (Å²) in [7, 11) is 0. The van der Waals surface area contributed by atoms with Crippen molar-refractivity contribution < 1.29 is 14.3 Å². The topological polar surface area (TPSA) is 46.6 Å².